The van der Waals surface area contributed by atoms with E-state index < -0.39 is 0 Å². The molecule has 0 aliphatic carbocycles. The van der Waals surface area contributed by atoms with Gasteiger partial charge in [-0.15, -0.1) is 0 Å². The first-order chi connectivity index (χ1) is 8.24. The van der Waals surface area contributed by atoms with Crippen LogP contribution in [0, 0.1) is 0 Å². The Kier molecular flexibility index (Phi) is 3.96. The number of pyridine rings is 1. The van der Waals surface area contributed by atoms with Gasteiger partial charge in [0.2, 0.25) is 0 Å². The molecule has 0 amide bonds. The molecule has 0 aliphatic rings. The minimum atomic E-state index is 0.508. The van der Waals surface area contributed by atoms with Crippen molar-refractivity contribution in [3.8, 4) is 0 Å². The Bertz CT molecular complexity index is 457. The van der Waals surface area contributed by atoms with Crippen LogP contribution < -0.4 is 5.73 Å². The fourth-order valence-corrected chi connectivity index (χ4v) is 1.71. The molecule has 0 bridgehead atoms. The van der Waals surface area contributed by atoms with Gasteiger partial charge < -0.3 is 10.5 Å². The molecule has 1 aromatic heterocycles. The summed E-state index contributed by atoms with van der Waals surface area (Å²) in [5.41, 5.74) is 7.65. The van der Waals surface area contributed by atoms with Crippen molar-refractivity contribution >= 4 is 17.4 Å². The molecule has 0 saturated carbocycles. The highest BCUT2D eigenvalue weighted by Crippen LogP contribution is 2.12. The first kappa shape index (κ1) is 11.9. The van der Waals surface area contributed by atoms with Crippen LogP contribution in [-0.4, -0.2) is 4.98 Å². The van der Waals surface area contributed by atoms with Crippen LogP contribution in [0.1, 0.15) is 11.1 Å². The standard InChI is InChI=1S/C13H13ClN2O/c14-12-3-1-2-10(6-12)8-17-9-11-4-5-16-13(15)7-11/h1-7H,8-9H2,(H2,15,16). The second kappa shape index (κ2) is 5.66. The van der Waals surface area contributed by atoms with Gasteiger partial charge in [-0.05, 0) is 35.4 Å². The largest absolute Gasteiger partial charge is 0.384 e. The summed E-state index contributed by atoms with van der Waals surface area (Å²) in [6.45, 7) is 1.04. The molecule has 0 radical (unpaired) electrons. The summed E-state index contributed by atoms with van der Waals surface area (Å²) in [5.74, 6) is 0.508. The zero-order chi connectivity index (χ0) is 12.1. The zero-order valence-corrected chi connectivity index (χ0v) is 10.0. The summed E-state index contributed by atoms with van der Waals surface area (Å²) in [6, 6.07) is 11.3. The lowest BCUT2D eigenvalue weighted by Gasteiger charge is -2.05. The highest BCUT2D eigenvalue weighted by atomic mass is 35.5. The van der Waals surface area contributed by atoms with E-state index in [2.05, 4.69) is 4.98 Å². The maximum atomic E-state index is 5.88. The Labute approximate surface area is 105 Å². The van der Waals surface area contributed by atoms with Crippen molar-refractivity contribution in [1.82, 2.24) is 4.98 Å². The molecule has 1 aromatic carbocycles. The second-order valence-electron chi connectivity index (χ2n) is 3.71. The molecule has 2 rings (SSSR count). The van der Waals surface area contributed by atoms with E-state index in [1.807, 2.05) is 30.3 Å². The van der Waals surface area contributed by atoms with Crippen LogP contribution in [0.3, 0.4) is 0 Å². The highest BCUT2D eigenvalue weighted by Gasteiger charge is 1.97. The van der Waals surface area contributed by atoms with E-state index in [9.17, 15) is 0 Å². The normalized spacial score (nSPS) is 10.4. The van der Waals surface area contributed by atoms with E-state index >= 15 is 0 Å². The fourth-order valence-electron chi connectivity index (χ4n) is 1.50. The van der Waals surface area contributed by atoms with E-state index in [1.54, 1.807) is 12.3 Å². The predicted octanol–water partition coefficient (Wildman–Crippen LogP) is 3.03. The number of ether oxygens (including phenoxy) is 1. The molecule has 0 unspecified atom stereocenters. The van der Waals surface area contributed by atoms with Crippen molar-refractivity contribution in [1.29, 1.82) is 0 Å². The van der Waals surface area contributed by atoms with Gasteiger partial charge in [0, 0.05) is 11.2 Å². The Morgan fingerprint density at radius 1 is 1.12 bits per heavy atom. The van der Waals surface area contributed by atoms with Gasteiger partial charge in [-0.25, -0.2) is 4.98 Å². The molecule has 1 heterocycles. The van der Waals surface area contributed by atoms with Crippen LogP contribution in [-0.2, 0) is 18.0 Å². The lowest BCUT2D eigenvalue weighted by Crippen LogP contribution is -1.96. The van der Waals surface area contributed by atoms with Crippen LogP contribution in [0.2, 0.25) is 5.02 Å². The molecule has 0 fully saturated rings. The number of hydrogen-bond donors (Lipinski definition) is 1. The molecule has 88 valence electrons. The average molecular weight is 249 g/mol. The smallest absolute Gasteiger partial charge is 0.123 e. The Morgan fingerprint density at radius 3 is 2.59 bits per heavy atom. The van der Waals surface area contributed by atoms with Crippen LogP contribution >= 0.6 is 11.6 Å². The summed E-state index contributed by atoms with van der Waals surface area (Å²) in [4.78, 5) is 3.92. The lowest BCUT2D eigenvalue weighted by atomic mass is 10.2. The number of nitrogen functional groups attached to an aromatic ring is 1. The molecule has 0 saturated heterocycles. The van der Waals surface area contributed by atoms with Crippen molar-refractivity contribution in [2.75, 3.05) is 5.73 Å². The van der Waals surface area contributed by atoms with Crippen LogP contribution in [0.15, 0.2) is 42.6 Å². The molecular formula is C13H13ClN2O. The van der Waals surface area contributed by atoms with E-state index in [1.165, 1.54) is 0 Å². The maximum Gasteiger partial charge on any atom is 0.123 e. The summed E-state index contributed by atoms with van der Waals surface area (Å²) in [7, 11) is 0. The average Bonchev–Trinajstić information content (AvgIpc) is 2.29. The topological polar surface area (TPSA) is 48.1 Å². The van der Waals surface area contributed by atoms with Gasteiger partial charge in [-0.2, -0.15) is 0 Å². The fraction of sp³-hybridized carbons (Fsp3) is 0.154. The van der Waals surface area contributed by atoms with Crippen LogP contribution in [0.5, 0.6) is 0 Å². The van der Waals surface area contributed by atoms with Gasteiger partial charge in [-0.3, -0.25) is 0 Å². The Hall–Kier alpha value is -1.58. The van der Waals surface area contributed by atoms with Crippen molar-refractivity contribution in [2.24, 2.45) is 0 Å². The number of benzene rings is 1. The summed E-state index contributed by atoms with van der Waals surface area (Å²) in [6.07, 6.45) is 1.67. The van der Waals surface area contributed by atoms with Crippen molar-refractivity contribution < 1.29 is 4.74 Å². The lowest BCUT2D eigenvalue weighted by molar-refractivity contribution is 0.107. The summed E-state index contributed by atoms with van der Waals surface area (Å²) in [5, 5.41) is 0.722. The number of aromatic nitrogens is 1. The first-order valence-corrected chi connectivity index (χ1v) is 5.64. The molecule has 17 heavy (non-hydrogen) atoms. The summed E-state index contributed by atoms with van der Waals surface area (Å²) < 4.78 is 5.57. The third-order valence-electron chi connectivity index (χ3n) is 2.27. The molecule has 0 aliphatic heterocycles. The predicted molar refractivity (Wildman–Crippen MR) is 68.6 cm³/mol. The molecule has 4 heteroatoms. The van der Waals surface area contributed by atoms with E-state index in [0.717, 1.165) is 16.1 Å². The quantitative estimate of drug-likeness (QED) is 0.905. The van der Waals surface area contributed by atoms with Gasteiger partial charge >= 0.3 is 0 Å². The summed E-state index contributed by atoms with van der Waals surface area (Å²) >= 11 is 5.88. The Balaban J connectivity index is 1.87. The van der Waals surface area contributed by atoms with Crippen LogP contribution in [0.25, 0.3) is 0 Å². The number of anilines is 1. The van der Waals surface area contributed by atoms with Gasteiger partial charge in [0.05, 0.1) is 13.2 Å². The molecule has 3 nitrogen and oxygen atoms in total. The first-order valence-electron chi connectivity index (χ1n) is 5.26. The van der Waals surface area contributed by atoms with Crippen LogP contribution in [0.4, 0.5) is 5.82 Å². The monoisotopic (exact) mass is 248 g/mol. The van der Waals surface area contributed by atoms with E-state index in [0.29, 0.717) is 19.0 Å². The Morgan fingerprint density at radius 2 is 1.88 bits per heavy atom. The number of halogens is 1. The molecule has 0 spiro atoms. The highest BCUT2D eigenvalue weighted by molar-refractivity contribution is 6.30. The number of rotatable bonds is 4. The second-order valence-corrected chi connectivity index (χ2v) is 4.15. The molecular weight excluding hydrogens is 236 g/mol. The minimum Gasteiger partial charge on any atom is -0.384 e. The third-order valence-corrected chi connectivity index (χ3v) is 2.51. The van der Waals surface area contributed by atoms with E-state index in [4.69, 9.17) is 22.1 Å². The van der Waals surface area contributed by atoms with Crippen molar-refractivity contribution in [3.05, 3.63) is 58.7 Å². The van der Waals surface area contributed by atoms with E-state index in [-0.39, 0.29) is 0 Å². The zero-order valence-electron chi connectivity index (χ0n) is 9.27. The van der Waals surface area contributed by atoms with Crippen molar-refractivity contribution in [3.63, 3.8) is 0 Å². The number of hydrogen-bond acceptors (Lipinski definition) is 3. The minimum absolute atomic E-state index is 0.508. The third kappa shape index (κ3) is 3.73. The van der Waals surface area contributed by atoms with Gasteiger partial charge in [-0.1, -0.05) is 23.7 Å². The van der Waals surface area contributed by atoms with Gasteiger partial charge in [0.25, 0.3) is 0 Å². The SMILES string of the molecule is Nc1cc(COCc2cccc(Cl)c2)ccn1. The number of nitrogens with two attached hydrogens (primary N) is 1. The molecule has 2 N–H and O–H groups in total. The van der Waals surface area contributed by atoms with Crippen molar-refractivity contribution in [2.45, 2.75) is 13.2 Å². The number of nitrogens with zero attached hydrogens (tertiary/aromatic N) is 1. The molecule has 2 aromatic rings. The van der Waals surface area contributed by atoms with Gasteiger partial charge in [0.1, 0.15) is 5.82 Å². The maximum absolute atomic E-state index is 5.88. The van der Waals surface area contributed by atoms with Gasteiger partial charge in [0.15, 0.2) is 0 Å². The molecule has 0 atom stereocenters.